The zero-order valence-electron chi connectivity index (χ0n) is 5.30. The predicted octanol–water partition coefficient (Wildman–Crippen LogP) is 1.64. The van der Waals surface area contributed by atoms with Crippen LogP contribution in [0.3, 0.4) is 0 Å². The largest absolute Gasteiger partial charge is 0.299 e. The molecule has 1 aliphatic rings. The van der Waals surface area contributed by atoms with E-state index in [4.69, 9.17) is 0 Å². The lowest BCUT2D eigenvalue weighted by Crippen LogP contribution is -1.98. The fraction of sp³-hybridized carbons (Fsp3) is 0.571. The molecule has 0 aromatic heterocycles. The van der Waals surface area contributed by atoms with Crippen LogP contribution >= 0.6 is 11.8 Å². The molecule has 9 heavy (non-hydrogen) atoms. The zero-order valence-corrected chi connectivity index (χ0v) is 6.12. The molecule has 1 heterocycles. The minimum Gasteiger partial charge on any atom is -0.299 e. The Hall–Kier alpha value is -0.240. The van der Waals surface area contributed by atoms with Crippen LogP contribution in [0, 0.1) is 0 Å². The van der Waals surface area contributed by atoms with Gasteiger partial charge in [-0.15, -0.1) is 0 Å². The van der Waals surface area contributed by atoms with Gasteiger partial charge in [-0.1, -0.05) is 5.57 Å². The lowest BCUT2D eigenvalue weighted by molar-refractivity contribution is -0.104. The van der Waals surface area contributed by atoms with E-state index in [1.165, 1.54) is 17.7 Å². The number of carbonyl (C=O) groups is 1. The Morgan fingerprint density at radius 3 is 3.00 bits per heavy atom. The smallest absolute Gasteiger partial charge is 0.142 e. The number of allylic oxidation sites excluding steroid dienone is 1. The van der Waals surface area contributed by atoms with Crippen LogP contribution in [0.15, 0.2) is 11.6 Å². The van der Waals surface area contributed by atoms with E-state index in [1.807, 2.05) is 11.8 Å². The van der Waals surface area contributed by atoms with Gasteiger partial charge in [-0.3, -0.25) is 4.79 Å². The molecule has 0 unspecified atom stereocenters. The molecule has 1 rings (SSSR count). The molecule has 1 saturated heterocycles. The van der Waals surface area contributed by atoms with Gasteiger partial charge < -0.3 is 0 Å². The monoisotopic (exact) mass is 142 g/mol. The van der Waals surface area contributed by atoms with Crippen molar-refractivity contribution in [2.24, 2.45) is 0 Å². The Kier molecular flexibility index (Phi) is 2.84. The Morgan fingerprint density at radius 2 is 2.44 bits per heavy atom. The normalized spacial score (nSPS) is 24.2. The summed E-state index contributed by atoms with van der Waals surface area (Å²) in [4.78, 5) is 9.99. The van der Waals surface area contributed by atoms with E-state index in [1.54, 1.807) is 6.08 Å². The lowest BCUT2D eigenvalue weighted by Gasteiger charge is -2.11. The van der Waals surface area contributed by atoms with E-state index in [9.17, 15) is 4.79 Å². The summed E-state index contributed by atoms with van der Waals surface area (Å²) in [6, 6.07) is 0. The van der Waals surface area contributed by atoms with Gasteiger partial charge in [0, 0.05) is 5.75 Å². The number of hydrogen-bond acceptors (Lipinski definition) is 2. The molecule has 1 aliphatic heterocycles. The van der Waals surface area contributed by atoms with Gasteiger partial charge in [0.1, 0.15) is 6.29 Å². The molecule has 0 saturated carbocycles. The molecule has 50 valence electrons. The SMILES string of the molecule is O=C/C=C1\CCCSC1. The van der Waals surface area contributed by atoms with Gasteiger partial charge in [0.15, 0.2) is 0 Å². The summed E-state index contributed by atoms with van der Waals surface area (Å²) < 4.78 is 0. The van der Waals surface area contributed by atoms with Crippen molar-refractivity contribution < 1.29 is 4.79 Å². The van der Waals surface area contributed by atoms with Crippen molar-refractivity contribution in [1.29, 1.82) is 0 Å². The quantitative estimate of drug-likeness (QED) is 0.409. The van der Waals surface area contributed by atoms with Crippen molar-refractivity contribution in [3.8, 4) is 0 Å². The minimum atomic E-state index is 0.890. The molecule has 1 fully saturated rings. The number of aldehydes is 1. The second-order valence-corrected chi connectivity index (χ2v) is 3.22. The van der Waals surface area contributed by atoms with E-state index < -0.39 is 0 Å². The van der Waals surface area contributed by atoms with Gasteiger partial charge >= 0.3 is 0 Å². The lowest BCUT2D eigenvalue weighted by atomic mass is 10.1. The highest BCUT2D eigenvalue weighted by atomic mass is 32.2. The van der Waals surface area contributed by atoms with Crippen LogP contribution in [0.5, 0.6) is 0 Å². The fourth-order valence-corrected chi connectivity index (χ4v) is 1.90. The standard InChI is InChI=1S/C7H10OS/c8-4-3-7-2-1-5-9-6-7/h3-4H,1-2,5-6H2/b7-3+. The van der Waals surface area contributed by atoms with Gasteiger partial charge in [0.05, 0.1) is 0 Å². The first kappa shape index (κ1) is 6.87. The highest BCUT2D eigenvalue weighted by Crippen LogP contribution is 2.20. The zero-order chi connectivity index (χ0) is 6.53. The number of thioether (sulfide) groups is 1. The van der Waals surface area contributed by atoms with E-state index in [0.29, 0.717) is 0 Å². The predicted molar refractivity (Wildman–Crippen MR) is 40.7 cm³/mol. The van der Waals surface area contributed by atoms with Gasteiger partial charge in [0.25, 0.3) is 0 Å². The molecule has 0 aromatic rings. The number of hydrogen-bond donors (Lipinski definition) is 0. The van der Waals surface area contributed by atoms with Gasteiger partial charge in [-0.2, -0.15) is 11.8 Å². The van der Waals surface area contributed by atoms with Crippen LogP contribution in [0.1, 0.15) is 12.8 Å². The van der Waals surface area contributed by atoms with Crippen LogP contribution in [0.25, 0.3) is 0 Å². The maximum atomic E-state index is 9.99. The first-order valence-electron chi connectivity index (χ1n) is 3.14. The summed E-state index contributed by atoms with van der Waals surface area (Å²) in [6.07, 6.45) is 4.96. The Labute approximate surface area is 59.5 Å². The first-order valence-corrected chi connectivity index (χ1v) is 4.30. The van der Waals surface area contributed by atoms with Gasteiger partial charge in [-0.05, 0) is 24.7 Å². The second-order valence-electron chi connectivity index (χ2n) is 2.12. The van der Waals surface area contributed by atoms with Crippen molar-refractivity contribution in [2.45, 2.75) is 12.8 Å². The average Bonchev–Trinajstić information content (AvgIpc) is 1.91. The summed E-state index contributed by atoms with van der Waals surface area (Å²) in [7, 11) is 0. The van der Waals surface area contributed by atoms with Crippen LogP contribution in [0.2, 0.25) is 0 Å². The topological polar surface area (TPSA) is 17.1 Å². The third-order valence-corrected chi connectivity index (χ3v) is 2.53. The summed E-state index contributed by atoms with van der Waals surface area (Å²) >= 11 is 1.92. The number of carbonyl (C=O) groups excluding carboxylic acids is 1. The van der Waals surface area contributed by atoms with Crippen molar-refractivity contribution in [3.05, 3.63) is 11.6 Å². The molecule has 1 nitrogen and oxygen atoms in total. The van der Waals surface area contributed by atoms with Gasteiger partial charge in [-0.25, -0.2) is 0 Å². The summed E-state index contributed by atoms with van der Waals surface area (Å²) in [5.41, 5.74) is 1.31. The number of rotatable bonds is 1. The third-order valence-electron chi connectivity index (χ3n) is 1.38. The summed E-state index contributed by atoms with van der Waals surface area (Å²) in [6.45, 7) is 0. The van der Waals surface area contributed by atoms with E-state index in [-0.39, 0.29) is 0 Å². The van der Waals surface area contributed by atoms with E-state index in [2.05, 4.69) is 0 Å². The Morgan fingerprint density at radius 1 is 1.56 bits per heavy atom. The van der Waals surface area contributed by atoms with Crippen LogP contribution in [-0.2, 0) is 4.79 Å². The van der Waals surface area contributed by atoms with Crippen molar-refractivity contribution >= 4 is 18.0 Å². The van der Waals surface area contributed by atoms with Gasteiger partial charge in [0.2, 0.25) is 0 Å². The molecule has 0 amide bonds. The second kappa shape index (κ2) is 3.72. The summed E-state index contributed by atoms with van der Waals surface area (Å²) in [5, 5.41) is 0. The molecule has 0 atom stereocenters. The highest BCUT2D eigenvalue weighted by Gasteiger charge is 2.03. The van der Waals surface area contributed by atoms with Crippen LogP contribution in [-0.4, -0.2) is 17.8 Å². The van der Waals surface area contributed by atoms with E-state index >= 15 is 0 Å². The molecule has 0 radical (unpaired) electrons. The molecular formula is C7H10OS. The molecular weight excluding hydrogens is 132 g/mol. The van der Waals surface area contributed by atoms with Crippen LogP contribution in [0.4, 0.5) is 0 Å². The molecule has 2 heteroatoms. The minimum absolute atomic E-state index is 0.890. The third kappa shape index (κ3) is 2.22. The van der Waals surface area contributed by atoms with Crippen molar-refractivity contribution in [3.63, 3.8) is 0 Å². The molecule has 0 aromatic carbocycles. The maximum Gasteiger partial charge on any atom is 0.142 e. The van der Waals surface area contributed by atoms with Crippen molar-refractivity contribution in [2.75, 3.05) is 11.5 Å². The Balaban J connectivity index is 2.39. The molecule has 0 N–H and O–H groups in total. The average molecular weight is 142 g/mol. The molecule has 0 spiro atoms. The van der Waals surface area contributed by atoms with E-state index in [0.717, 1.165) is 18.5 Å². The first-order chi connectivity index (χ1) is 4.43. The molecule has 0 bridgehead atoms. The fourth-order valence-electron chi connectivity index (χ4n) is 0.904. The van der Waals surface area contributed by atoms with Crippen LogP contribution < -0.4 is 0 Å². The summed E-state index contributed by atoms with van der Waals surface area (Å²) in [5.74, 6) is 2.33. The Bertz CT molecular complexity index is 121. The molecule has 0 aliphatic carbocycles. The maximum absolute atomic E-state index is 9.99. The highest BCUT2D eigenvalue weighted by molar-refractivity contribution is 7.99. The van der Waals surface area contributed by atoms with Crippen molar-refractivity contribution in [1.82, 2.24) is 0 Å².